The summed E-state index contributed by atoms with van der Waals surface area (Å²) in [4.78, 5) is 12.4. The van der Waals surface area contributed by atoms with Crippen molar-refractivity contribution < 1.29 is 9.90 Å². The number of carboxylic acid groups (broad SMARTS) is 1. The minimum Gasteiger partial charge on any atom is -0.478 e. The zero-order chi connectivity index (χ0) is 24.9. The summed E-state index contributed by atoms with van der Waals surface area (Å²) in [5.41, 5.74) is 9.84. The predicted molar refractivity (Wildman–Crippen MR) is 137 cm³/mol. The average Bonchev–Trinajstić information content (AvgIpc) is 3.54. The minimum atomic E-state index is -0.873. The zero-order valence-corrected chi connectivity index (χ0v) is 20.1. The molecule has 5 rings (SSSR count). The quantitative estimate of drug-likeness (QED) is 0.329. The lowest BCUT2D eigenvalue weighted by Gasteiger charge is -2.23. The molecule has 8 heteroatoms. The number of hydrogen-bond donors (Lipinski definition) is 3. The molecule has 36 heavy (non-hydrogen) atoms. The number of aromatic nitrogens is 4. The van der Waals surface area contributed by atoms with E-state index in [2.05, 4.69) is 57.2 Å². The van der Waals surface area contributed by atoms with E-state index in [1.165, 1.54) is 0 Å². The van der Waals surface area contributed by atoms with Crippen LogP contribution in [0.15, 0.2) is 90.1 Å². The van der Waals surface area contributed by atoms with Crippen molar-refractivity contribution in [3.05, 3.63) is 101 Å². The van der Waals surface area contributed by atoms with Crippen LogP contribution in [0.2, 0.25) is 0 Å². The molecule has 3 aromatic carbocycles. The lowest BCUT2D eigenvalue weighted by atomic mass is 9.94. The Balaban J connectivity index is 1.41. The summed E-state index contributed by atoms with van der Waals surface area (Å²) < 4.78 is 0. The van der Waals surface area contributed by atoms with Gasteiger partial charge in [0.25, 0.3) is 0 Å². The molecule has 1 atom stereocenters. The monoisotopic (exact) mass is 480 g/mol. The number of aromatic amines is 1. The number of nitrogens with zero attached hydrogens (tertiary/aromatic N) is 4. The molecule has 0 aliphatic carbocycles. The Bertz CT molecular complexity index is 1350. The lowest BCUT2D eigenvalue weighted by Crippen LogP contribution is -2.39. The van der Waals surface area contributed by atoms with E-state index in [-0.39, 0.29) is 6.04 Å². The van der Waals surface area contributed by atoms with Crippen LogP contribution in [0.1, 0.15) is 24.5 Å². The van der Waals surface area contributed by atoms with Crippen molar-refractivity contribution >= 4 is 5.97 Å². The Morgan fingerprint density at radius 2 is 1.67 bits per heavy atom. The second kappa shape index (κ2) is 10.5. The first-order valence-electron chi connectivity index (χ1n) is 12.1. The molecule has 0 fully saturated rings. The van der Waals surface area contributed by atoms with Crippen LogP contribution in [0.5, 0.6) is 0 Å². The van der Waals surface area contributed by atoms with Crippen molar-refractivity contribution in [3.8, 4) is 22.5 Å². The number of carbonyl (C=O) groups is 1. The summed E-state index contributed by atoms with van der Waals surface area (Å²) in [5, 5.41) is 26.6. The number of benzene rings is 3. The van der Waals surface area contributed by atoms with Gasteiger partial charge in [0.2, 0.25) is 5.82 Å². The molecule has 0 spiro atoms. The summed E-state index contributed by atoms with van der Waals surface area (Å²) in [6.45, 7) is 2.85. The average molecular weight is 481 g/mol. The summed E-state index contributed by atoms with van der Waals surface area (Å²) in [6, 6.07) is 25.9. The molecule has 182 valence electrons. The van der Waals surface area contributed by atoms with E-state index in [1.807, 2.05) is 59.6 Å². The van der Waals surface area contributed by atoms with Gasteiger partial charge in [-0.2, -0.15) is 5.21 Å². The van der Waals surface area contributed by atoms with E-state index in [0.717, 1.165) is 46.5 Å². The third-order valence-electron chi connectivity index (χ3n) is 6.41. The van der Waals surface area contributed by atoms with Crippen LogP contribution >= 0.6 is 0 Å². The first-order valence-corrected chi connectivity index (χ1v) is 12.1. The van der Waals surface area contributed by atoms with Crippen molar-refractivity contribution in [2.45, 2.75) is 32.2 Å². The van der Waals surface area contributed by atoms with E-state index < -0.39 is 5.97 Å². The molecule has 1 aliphatic heterocycles. The maximum atomic E-state index is 12.4. The number of nitrogens with one attached hydrogen (secondary N) is 2. The Labute approximate surface area is 209 Å². The van der Waals surface area contributed by atoms with Gasteiger partial charge in [0.15, 0.2) is 0 Å². The SMILES string of the molecule is CCCN1NC(Cc2ccc(-c3ccccc3-c3nn[nH]n3)cc2)C(C(=O)O)=C1Cc1ccccc1. The third-order valence-corrected chi connectivity index (χ3v) is 6.41. The van der Waals surface area contributed by atoms with Gasteiger partial charge in [-0.1, -0.05) is 85.8 Å². The number of carboxylic acids is 1. The summed E-state index contributed by atoms with van der Waals surface area (Å²) >= 11 is 0. The standard InChI is InChI=1S/C28H28N6O2/c1-2-16-34-25(18-19-8-4-3-5-9-19)26(28(35)36)24(31-34)17-20-12-14-21(15-13-20)22-10-6-7-11-23(22)27-29-32-33-30-27/h3-15,24,31H,2,16-18H2,1H3,(H,35,36)(H,29,30,32,33). The van der Waals surface area contributed by atoms with Crippen molar-refractivity contribution in [2.24, 2.45) is 0 Å². The maximum Gasteiger partial charge on any atom is 0.335 e. The Kier molecular flexibility index (Phi) is 6.86. The molecule has 3 N–H and O–H groups in total. The van der Waals surface area contributed by atoms with E-state index in [0.29, 0.717) is 24.2 Å². The molecule has 0 saturated carbocycles. The number of hydrazine groups is 1. The molecule has 0 saturated heterocycles. The van der Waals surface area contributed by atoms with Crippen LogP contribution < -0.4 is 5.43 Å². The fourth-order valence-corrected chi connectivity index (χ4v) is 4.76. The molecule has 1 aromatic heterocycles. The topological polar surface area (TPSA) is 107 Å². The summed E-state index contributed by atoms with van der Waals surface area (Å²) in [6.07, 6.45) is 2.07. The van der Waals surface area contributed by atoms with Crippen LogP contribution in [-0.2, 0) is 17.6 Å². The molecule has 2 heterocycles. The van der Waals surface area contributed by atoms with Crippen LogP contribution in [-0.4, -0.2) is 49.3 Å². The predicted octanol–water partition coefficient (Wildman–Crippen LogP) is 4.26. The van der Waals surface area contributed by atoms with Crippen LogP contribution in [0.3, 0.4) is 0 Å². The highest BCUT2D eigenvalue weighted by atomic mass is 16.4. The highest BCUT2D eigenvalue weighted by Crippen LogP contribution is 2.31. The summed E-state index contributed by atoms with van der Waals surface area (Å²) in [7, 11) is 0. The minimum absolute atomic E-state index is 0.301. The van der Waals surface area contributed by atoms with Gasteiger partial charge in [0, 0.05) is 24.2 Å². The Morgan fingerprint density at radius 1 is 0.944 bits per heavy atom. The molecular formula is C28H28N6O2. The van der Waals surface area contributed by atoms with Crippen molar-refractivity contribution in [2.75, 3.05) is 6.54 Å². The van der Waals surface area contributed by atoms with Gasteiger partial charge in [-0.3, -0.25) is 0 Å². The van der Waals surface area contributed by atoms with Crippen LogP contribution in [0.4, 0.5) is 0 Å². The van der Waals surface area contributed by atoms with E-state index >= 15 is 0 Å². The number of allylic oxidation sites excluding steroid dienone is 1. The van der Waals surface area contributed by atoms with Crippen LogP contribution in [0.25, 0.3) is 22.5 Å². The second-order valence-electron chi connectivity index (χ2n) is 8.84. The van der Waals surface area contributed by atoms with Crippen molar-refractivity contribution in [1.29, 1.82) is 0 Å². The second-order valence-corrected chi connectivity index (χ2v) is 8.84. The Morgan fingerprint density at radius 3 is 2.33 bits per heavy atom. The van der Waals surface area contributed by atoms with Gasteiger partial charge < -0.3 is 10.1 Å². The number of aliphatic carboxylic acids is 1. The van der Waals surface area contributed by atoms with E-state index in [1.54, 1.807) is 0 Å². The fraction of sp³-hybridized carbons (Fsp3) is 0.214. The largest absolute Gasteiger partial charge is 0.478 e. The first-order chi connectivity index (χ1) is 17.6. The van der Waals surface area contributed by atoms with Gasteiger partial charge in [-0.05, 0) is 40.3 Å². The van der Waals surface area contributed by atoms with Gasteiger partial charge in [0.1, 0.15) is 0 Å². The highest BCUT2D eigenvalue weighted by Gasteiger charge is 2.35. The Hall–Kier alpha value is -4.30. The molecule has 4 aromatic rings. The van der Waals surface area contributed by atoms with Gasteiger partial charge >= 0.3 is 5.97 Å². The first kappa shape index (κ1) is 23.4. The number of rotatable bonds is 9. The van der Waals surface area contributed by atoms with Crippen molar-refractivity contribution in [1.82, 2.24) is 31.1 Å². The van der Waals surface area contributed by atoms with Crippen molar-refractivity contribution in [3.63, 3.8) is 0 Å². The molecule has 0 amide bonds. The van der Waals surface area contributed by atoms with Gasteiger partial charge in [-0.25, -0.2) is 10.2 Å². The third kappa shape index (κ3) is 4.89. The number of hydrogen-bond acceptors (Lipinski definition) is 6. The zero-order valence-electron chi connectivity index (χ0n) is 20.1. The maximum absolute atomic E-state index is 12.4. The number of tetrazole rings is 1. The van der Waals surface area contributed by atoms with Crippen LogP contribution in [0, 0.1) is 0 Å². The van der Waals surface area contributed by atoms with Gasteiger partial charge in [0.05, 0.1) is 11.6 Å². The number of H-pyrrole nitrogens is 1. The van der Waals surface area contributed by atoms with E-state index in [9.17, 15) is 9.90 Å². The van der Waals surface area contributed by atoms with Gasteiger partial charge in [-0.15, -0.1) is 10.2 Å². The molecule has 0 bridgehead atoms. The molecule has 1 unspecified atom stereocenters. The summed E-state index contributed by atoms with van der Waals surface area (Å²) in [5.74, 6) is -0.328. The molecule has 1 aliphatic rings. The van der Waals surface area contributed by atoms with E-state index in [4.69, 9.17) is 0 Å². The fourth-order valence-electron chi connectivity index (χ4n) is 4.76. The normalized spacial score (nSPS) is 15.5. The molecule has 8 nitrogen and oxygen atoms in total. The smallest absolute Gasteiger partial charge is 0.335 e. The lowest BCUT2D eigenvalue weighted by molar-refractivity contribution is -0.132. The molecular weight excluding hydrogens is 452 g/mol. The highest BCUT2D eigenvalue weighted by molar-refractivity contribution is 5.89. The molecule has 0 radical (unpaired) electrons.